The number of benzene rings is 1. The Morgan fingerprint density at radius 1 is 1.47 bits per heavy atom. The maximum Gasteiger partial charge on any atom is 0.274 e. The largest absolute Gasteiger partial charge is 0.374 e. The van der Waals surface area contributed by atoms with E-state index in [1.165, 1.54) is 13.1 Å². The molecule has 0 aromatic heterocycles. The number of amides is 1. The number of nitrogens with zero attached hydrogens (tertiary/aromatic N) is 1. The van der Waals surface area contributed by atoms with Gasteiger partial charge in [0.1, 0.15) is 11.9 Å². The van der Waals surface area contributed by atoms with Crippen molar-refractivity contribution in [2.24, 2.45) is 0 Å². The summed E-state index contributed by atoms with van der Waals surface area (Å²) >= 11 is 0. The van der Waals surface area contributed by atoms with Gasteiger partial charge in [-0.1, -0.05) is 0 Å². The Balaban J connectivity index is 2.91. The minimum Gasteiger partial charge on any atom is -0.374 e. The van der Waals surface area contributed by atoms with E-state index in [4.69, 9.17) is 0 Å². The average molecular weight is 241 g/mol. The van der Waals surface area contributed by atoms with E-state index in [9.17, 15) is 19.3 Å². The van der Waals surface area contributed by atoms with Crippen molar-refractivity contribution in [1.82, 2.24) is 5.32 Å². The van der Waals surface area contributed by atoms with Gasteiger partial charge in [0.25, 0.3) is 5.69 Å². The number of anilines is 1. The molecule has 0 saturated carbocycles. The number of non-ortho nitro benzene ring substituents is 1. The zero-order valence-corrected chi connectivity index (χ0v) is 9.36. The molecular formula is C10H12FN3O3. The summed E-state index contributed by atoms with van der Waals surface area (Å²) in [5, 5.41) is 15.6. The van der Waals surface area contributed by atoms with Crippen molar-refractivity contribution in [2.45, 2.75) is 13.0 Å². The van der Waals surface area contributed by atoms with Crippen molar-refractivity contribution in [3.63, 3.8) is 0 Å². The van der Waals surface area contributed by atoms with Gasteiger partial charge in [0.2, 0.25) is 5.91 Å². The molecule has 17 heavy (non-hydrogen) atoms. The van der Waals surface area contributed by atoms with Crippen LogP contribution in [-0.4, -0.2) is 23.9 Å². The van der Waals surface area contributed by atoms with Crippen LogP contribution in [0.5, 0.6) is 0 Å². The molecule has 0 aliphatic rings. The van der Waals surface area contributed by atoms with Gasteiger partial charge >= 0.3 is 0 Å². The van der Waals surface area contributed by atoms with Crippen molar-refractivity contribution in [1.29, 1.82) is 0 Å². The van der Waals surface area contributed by atoms with Crippen molar-refractivity contribution in [2.75, 3.05) is 12.4 Å². The van der Waals surface area contributed by atoms with Gasteiger partial charge in [-0.25, -0.2) is 4.39 Å². The number of nitro benzene ring substituents is 1. The molecule has 0 bridgehead atoms. The Kier molecular flexibility index (Phi) is 3.97. The zero-order chi connectivity index (χ0) is 13.0. The lowest BCUT2D eigenvalue weighted by molar-refractivity contribution is -0.385. The first-order chi connectivity index (χ1) is 7.93. The average Bonchev–Trinajstić information content (AvgIpc) is 2.26. The highest BCUT2D eigenvalue weighted by Gasteiger charge is 2.14. The van der Waals surface area contributed by atoms with Crippen LogP contribution in [0.2, 0.25) is 0 Å². The lowest BCUT2D eigenvalue weighted by Gasteiger charge is -2.13. The van der Waals surface area contributed by atoms with Gasteiger partial charge in [-0.05, 0) is 13.0 Å². The third kappa shape index (κ3) is 3.40. The summed E-state index contributed by atoms with van der Waals surface area (Å²) in [6.45, 7) is 1.57. The van der Waals surface area contributed by atoms with Crippen molar-refractivity contribution >= 4 is 17.3 Å². The highest BCUT2D eigenvalue weighted by Crippen LogP contribution is 2.20. The van der Waals surface area contributed by atoms with Gasteiger partial charge < -0.3 is 10.6 Å². The fraction of sp³-hybridized carbons (Fsp3) is 0.300. The Hall–Kier alpha value is -2.18. The van der Waals surface area contributed by atoms with E-state index in [0.29, 0.717) is 0 Å². The summed E-state index contributed by atoms with van der Waals surface area (Å²) in [6, 6.07) is 2.46. The second-order valence-corrected chi connectivity index (χ2v) is 3.44. The first-order valence-electron chi connectivity index (χ1n) is 4.87. The molecule has 0 spiro atoms. The normalized spacial score (nSPS) is 11.7. The van der Waals surface area contributed by atoms with Crippen LogP contribution in [0.4, 0.5) is 15.8 Å². The fourth-order valence-corrected chi connectivity index (χ4v) is 1.29. The molecule has 0 heterocycles. The number of halogens is 1. The number of hydrogen-bond acceptors (Lipinski definition) is 4. The summed E-state index contributed by atoms with van der Waals surface area (Å²) in [6.07, 6.45) is 0. The van der Waals surface area contributed by atoms with E-state index in [-0.39, 0.29) is 17.3 Å². The van der Waals surface area contributed by atoms with E-state index in [0.717, 1.165) is 12.1 Å². The molecule has 92 valence electrons. The van der Waals surface area contributed by atoms with Crippen LogP contribution in [-0.2, 0) is 4.79 Å². The minimum absolute atomic E-state index is 0.188. The summed E-state index contributed by atoms with van der Waals surface area (Å²) in [7, 11) is 1.47. The smallest absolute Gasteiger partial charge is 0.274 e. The first-order valence-corrected chi connectivity index (χ1v) is 4.87. The van der Waals surface area contributed by atoms with Crippen LogP contribution in [0, 0.1) is 15.9 Å². The number of rotatable bonds is 4. The standard InChI is InChI=1S/C10H12FN3O3/c1-6(10(15)12-2)13-8-3-7(11)4-9(5-8)14(16)17/h3-6,13H,1-2H3,(H,12,15). The molecule has 2 N–H and O–H groups in total. The third-order valence-electron chi connectivity index (χ3n) is 2.12. The molecule has 0 aliphatic carbocycles. The summed E-state index contributed by atoms with van der Waals surface area (Å²) < 4.78 is 13.1. The van der Waals surface area contributed by atoms with Crippen LogP contribution >= 0.6 is 0 Å². The lowest BCUT2D eigenvalue weighted by Crippen LogP contribution is -2.35. The summed E-state index contributed by atoms with van der Waals surface area (Å²) in [5.74, 6) is -1.03. The van der Waals surface area contributed by atoms with Crippen molar-refractivity contribution in [3.8, 4) is 0 Å². The second-order valence-electron chi connectivity index (χ2n) is 3.44. The van der Waals surface area contributed by atoms with Crippen LogP contribution in [0.1, 0.15) is 6.92 Å². The summed E-state index contributed by atoms with van der Waals surface area (Å²) in [4.78, 5) is 21.0. The monoisotopic (exact) mass is 241 g/mol. The Morgan fingerprint density at radius 2 is 2.12 bits per heavy atom. The Bertz CT molecular complexity index is 450. The van der Waals surface area contributed by atoms with E-state index in [2.05, 4.69) is 10.6 Å². The maximum absolute atomic E-state index is 13.1. The highest BCUT2D eigenvalue weighted by atomic mass is 19.1. The Labute approximate surface area is 97.0 Å². The maximum atomic E-state index is 13.1. The van der Waals surface area contributed by atoms with Crippen LogP contribution in [0.25, 0.3) is 0 Å². The van der Waals surface area contributed by atoms with E-state index < -0.39 is 16.8 Å². The molecule has 0 aliphatic heterocycles. The number of nitro groups is 1. The van der Waals surface area contributed by atoms with E-state index in [1.807, 2.05) is 0 Å². The van der Waals surface area contributed by atoms with Crippen LogP contribution in [0.3, 0.4) is 0 Å². The predicted molar refractivity (Wildman–Crippen MR) is 60.2 cm³/mol. The minimum atomic E-state index is -0.731. The van der Waals surface area contributed by atoms with Gasteiger partial charge in [0.05, 0.1) is 11.0 Å². The molecule has 1 unspecified atom stereocenters. The molecular weight excluding hydrogens is 229 g/mol. The fourth-order valence-electron chi connectivity index (χ4n) is 1.29. The number of likely N-dealkylation sites (N-methyl/N-ethyl adjacent to an activating group) is 1. The molecule has 1 rings (SSSR count). The first kappa shape index (κ1) is 12.9. The highest BCUT2D eigenvalue weighted by molar-refractivity contribution is 5.83. The molecule has 1 atom stereocenters. The molecule has 1 aromatic carbocycles. The molecule has 0 fully saturated rings. The molecule has 1 aromatic rings. The van der Waals surface area contributed by atoms with Gasteiger partial charge in [-0.15, -0.1) is 0 Å². The quantitative estimate of drug-likeness (QED) is 0.614. The van der Waals surface area contributed by atoms with Crippen LogP contribution in [0.15, 0.2) is 18.2 Å². The van der Waals surface area contributed by atoms with Gasteiger partial charge in [-0.2, -0.15) is 0 Å². The number of carbonyl (C=O) groups excluding carboxylic acids is 1. The molecule has 6 nitrogen and oxygen atoms in total. The topological polar surface area (TPSA) is 84.3 Å². The number of hydrogen-bond donors (Lipinski definition) is 2. The molecule has 1 amide bonds. The second kappa shape index (κ2) is 5.24. The third-order valence-corrected chi connectivity index (χ3v) is 2.12. The van der Waals surface area contributed by atoms with Gasteiger partial charge in [0, 0.05) is 18.8 Å². The SMILES string of the molecule is CNC(=O)C(C)Nc1cc(F)cc([N+](=O)[O-])c1. The van der Waals surface area contributed by atoms with Gasteiger partial charge in [-0.3, -0.25) is 14.9 Å². The summed E-state index contributed by atoms with van der Waals surface area (Å²) in [5.41, 5.74) is -0.176. The van der Waals surface area contributed by atoms with Crippen molar-refractivity contribution in [3.05, 3.63) is 34.1 Å². The van der Waals surface area contributed by atoms with Crippen LogP contribution < -0.4 is 10.6 Å². The molecule has 7 heteroatoms. The van der Waals surface area contributed by atoms with E-state index in [1.54, 1.807) is 6.92 Å². The lowest BCUT2D eigenvalue weighted by atomic mass is 10.2. The molecule has 0 radical (unpaired) electrons. The zero-order valence-electron chi connectivity index (χ0n) is 9.36. The number of carbonyl (C=O) groups is 1. The van der Waals surface area contributed by atoms with E-state index >= 15 is 0 Å². The van der Waals surface area contributed by atoms with Crippen molar-refractivity contribution < 1.29 is 14.1 Å². The predicted octanol–water partition coefficient (Wildman–Crippen LogP) is 1.28. The Morgan fingerprint density at radius 3 is 2.65 bits per heavy atom. The van der Waals surface area contributed by atoms with Gasteiger partial charge in [0.15, 0.2) is 0 Å². The number of nitrogens with one attached hydrogen (secondary N) is 2. The molecule has 0 saturated heterocycles.